The molecule has 0 saturated heterocycles. The monoisotopic (exact) mass is 348 g/mol. The molecule has 0 atom stereocenters. The zero-order valence-electron chi connectivity index (χ0n) is 11.7. The second-order valence-corrected chi connectivity index (χ2v) is 6.07. The molecule has 3 rings (SSSR count). The van der Waals surface area contributed by atoms with Gasteiger partial charge in [0.1, 0.15) is 6.61 Å². The molecule has 5 heteroatoms. The van der Waals surface area contributed by atoms with Crippen molar-refractivity contribution in [2.45, 2.75) is 26.1 Å². The van der Waals surface area contributed by atoms with E-state index in [1.807, 2.05) is 30.3 Å². The van der Waals surface area contributed by atoms with Crippen molar-refractivity contribution in [2.75, 3.05) is 6.54 Å². The zero-order valence-corrected chi connectivity index (χ0v) is 13.3. The molecular weight excluding hydrogens is 332 g/mol. The smallest absolute Gasteiger partial charge is 0.410 e. The van der Waals surface area contributed by atoms with Gasteiger partial charge in [-0.2, -0.15) is 0 Å². The number of nitrogens with zero attached hydrogens (tertiary/aromatic N) is 2. The van der Waals surface area contributed by atoms with Crippen molar-refractivity contribution in [3.05, 3.63) is 58.3 Å². The highest BCUT2D eigenvalue weighted by Gasteiger charge is 2.20. The molecule has 1 aromatic carbocycles. The lowest BCUT2D eigenvalue weighted by atomic mass is 10.2. The SMILES string of the molecule is O=C(OCc1ccccc1)N1CCCn2cc(Br)cc2C1. The molecule has 2 aromatic rings. The van der Waals surface area contributed by atoms with Crippen molar-refractivity contribution in [1.29, 1.82) is 0 Å². The van der Waals surface area contributed by atoms with Gasteiger partial charge in [0.2, 0.25) is 0 Å². The van der Waals surface area contributed by atoms with E-state index in [-0.39, 0.29) is 6.09 Å². The van der Waals surface area contributed by atoms with Crippen LogP contribution in [0.5, 0.6) is 0 Å². The van der Waals surface area contributed by atoms with Crippen LogP contribution in [0.4, 0.5) is 4.79 Å². The average Bonchev–Trinajstić information content (AvgIpc) is 2.73. The minimum Gasteiger partial charge on any atom is -0.445 e. The Morgan fingerprint density at radius 3 is 2.86 bits per heavy atom. The Morgan fingerprint density at radius 2 is 2.05 bits per heavy atom. The first-order chi connectivity index (χ1) is 10.2. The maximum Gasteiger partial charge on any atom is 0.410 e. The Morgan fingerprint density at radius 1 is 1.24 bits per heavy atom. The molecule has 0 aliphatic carbocycles. The normalized spacial score (nSPS) is 14.4. The second kappa shape index (κ2) is 6.35. The second-order valence-electron chi connectivity index (χ2n) is 5.16. The molecule has 0 spiro atoms. The number of hydrogen-bond acceptors (Lipinski definition) is 2. The van der Waals surface area contributed by atoms with Crippen LogP contribution in [0.1, 0.15) is 17.7 Å². The van der Waals surface area contributed by atoms with Gasteiger partial charge in [-0.1, -0.05) is 30.3 Å². The van der Waals surface area contributed by atoms with Crippen LogP contribution in [-0.2, 0) is 24.4 Å². The molecule has 1 amide bonds. The zero-order chi connectivity index (χ0) is 14.7. The number of carbonyl (C=O) groups excluding carboxylic acids is 1. The number of halogens is 1. The number of carbonyl (C=O) groups is 1. The van der Waals surface area contributed by atoms with E-state index in [9.17, 15) is 4.79 Å². The number of rotatable bonds is 2. The number of amides is 1. The van der Waals surface area contributed by atoms with E-state index in [4.69, 9.17) is 4.74 Å². The van der Waals surface area contributed by atoms with Crippen LogP contribution in [0.15, 0.2) is 47.1 Å². The lowest BCUT2D eigenvalue weighted by Crippen LogP contribution is -2.31. The van der Waals surface area contributed by atoms with Crippen LogP contribution in [0.25, 0.3) is 0 Å². The number of aryl methyl sites for hydroxylation is 1. The molecular formula is C16H17BrN2O2. The number of ether oxygens (including phenoxy) is 1. The Balaban J connectivity index is 1.62. The summed E-state index contributed by atoms with van der Waals surface area (Å²) in [7, 11) is 0. The molecule has 0 bridgehead atoms. The van der Waals surface area contributed by atoms with Crippen LogP contribution < -0.4 is 0 Å². The van der Waals surface area contributed by atoms with Crippen LogP contribution in [0.3, 0.4) is 0 Å². The fourth-order valence-corrected chi connectivity index (χ4v) is 3.04. The maximum atomic E-state index is 12.2. The maximum absolute atomic E-state index is 12.2. The highest BCUT2D eigenvalue weighted by molar-refractivity contribution is 9.10. The third kappa shape index (κ3) is 3.47. The van der Waals surface area contributed by atoms with Crippen molar-refractivity contribution in [1.82, 2.24) is 9.47 Å². The van der Waals surface area contributed by atoms with Gasteiger partial charge in [-0.25, -0.2) is 4.79 Å². The predicted molar refractivity (Wildman–Crippen MR) is 83.8 cm³/mol. The fraction of sp³-hybridized carbons (Fsp3) is 0.312. The van der Waals surface area contributed by atoms with Gasteiger partial charge in [0.15, 0.2) is 0 Å². The summed E-state index contributed by atoms with van der Waals surface area (Å²) in [4.78, 5) is 14.0. The Labute approximate surface area is 132 Å². The van der Waals surface area contributed by atoms with Crippen LogP contribution in [-0.4, -0.2) is 22.1 Å². The highest BCUT2D eigenvalue weighted by Crippen LogP contribution is 2.20. The molecule has 21 heavy (non-hydrogen) atoms. The molecule has 4 nitrogen and oxygen atoms in total. The topological polar surface area (TPSA) is 34.5 Å². The van der Waals surface area contributed by atoms with E-state index in [2.05, 4.69) is 32.8 Å². The van der Waals surface area contributed by atoms with E-state index in [0.29, 0.717) is 13.2 Å². The van der Waals surface area contributed by atoms with E-state index in [0.717, 1.165) is 35.2 Å². The largest absolute Gasteiger partial charge is 0.445 e. The number of hydrogen-bond donors (Lipinski definition) is 0. The number of benzene rings is 1. The first-order valence-electron chi connectivity index (χ1n) is 7.02. The van der Waals surface area contributed by atoms with E-state index >= 15 is 0 Å². The fourth-order valence-electron chi connectivity index (χ4n) is 2.53. The molecule has 0 radical (unpaired) electrons. The summed E-state index contributed by atoms with van der Waals surface area (Å²) in [6.45, 7) is 2.58. The molecule has 0 saturated carbocycles. The summed E-state index contributed by atoms with van der Waals surface area (Å²) in [5.74, 6) is 0. The van der Waals surface area contributed by atoms with E-state index < -0.39 is 0 Å². The van der Waals surface area contributed by atoms with E-state index in [1.165, 1.54) is 0 Å². The van der Waals surface area contributed by atoms with Gasteiger partial charge in [0.05, 0.1) is 6.54 Å². The lowest BCUT2D eigenvalue weighted by molar-refractivity contribution is 0.0942. The summed E-state index contributed by atoms with van der Waals surface area (Å²) >= 11 is 3.48. The molecule has 1 aromatic heterocycles. The highest BCUT2D eigenvalue weighted by atomic mass is 79.9. The van der Waals surface area contributed by atoms with Crippen LogP contribution >= 0.6 is 15.9 Å². The first-order valence-corrected chi connectivity index (χ1v) is 7.82. The molecule has 0 N–H and O–H groups in total. The summed E-state index contributed by atoms with van der Waals surface area (Å²) in [6, 6.07) is 11.8. The van der Waals surface area contributed by atoms with Crippen molar-refractivity contribution in [3.63, 3.8) is 0 Å². The third-order valence-corrected chi connectivity index (χ3v) is 4.03. The molecule has 2 heterocycles. The summed E-state index contributed by atoms with van der Waals surface area (Å²) in [5, 5.41) is 0. The number of fused-ring (bicyclic) bond motifs is 1. The molecule has 1 aliphatic heterocycles. The van der Waals surface area contributed by atoms with Crippen molar-refractivity contribution in [3.8, 4) is 0 Å². The Bertz CT molecular complexity index is 624. The van der Waals surface area contributed by atoms with Crippen molar-refractivity contribution in [2.24, 2.45) is 0 Å². The lowest BCUT2D eigenvalue weighted by Gasteiger charge is -2.19. The molecule has 1 aliphatic rings. The van der Waals surface area contributed by atoms with Crippen molar-refractivity contribution < 1.29 is 9.53 Å². The van der Waals surface area contributed by atoms with Crippen molar-refractivity contribution >= 4 is 22.0 Å². The molecule has 0 unspecified atom stereocenters. The third-order valence-electron chi connectivity index (χ3n) is 3.60. The Kier molecular flexibility index (Phi) is 4.29. The van der Waals surface area contributed by atoms with Gasteiger partial charge >= 0.3 is 6.09 Å². The number of aromatic nitrogens is 1. The van der Waals surface area contributed by atoms with Crippen LogP contribution in [0.2, 0.25) is 0 Å². The summed E-state index contributed by atoms with van der Waals surface area (Å²) < 4.78 is 8.65. The quantitative estimate of drug-likeness (QED) is 0.827. The predicted octanol–water partition coefficient (Wildman–Crippen LogP) is 3.79. The van der Waals surface area contributed by atoms with Gasteiger partial charge in [-0.05, 0) is 34.0 Å². The standard InChI is InChI=1S/C16H17BrN2O2/c17-14-9-15-11-19(8-4-7-18(15)10-14)16(20)21-12-13-5-2-1-3-6-13/h1-3,5-6,9-10H,4,7-8,11-12H2. The molecule has 0 fully saturated rings. The molecule has 110 valence electrons. The van der Waals surface area contributed by atoms with Gasteiger partial charge < -0.3 is 14.2 Å². The van der Waals surface area contributed by atoms with E-state index in [1.54, 1.807) is 4.90 Å². The van der Waals surface area contributed by atoms with Gasteiger partial charge in [-0.15, -0.1) is 0 Å². The van der Waals surface area contributed by atoms with Gasteiger partial charge in [0, 0.05) is 29.5 Å². The minimum atomic E-state index is -0.246. The summed E-state index contributed by atoms with van der Waals surface area (Å²) in [5.41, 5.74) is 2.14. The first kappa shape index (κ1) is 14.2. The Hall–Kier alpha value is -1.75. The van der Waals surface area contributed by atoms with Gasteiger partial charge in [0.25, 0.3) is 0 Å². The average molecular weight is 349 g/mol. The van der Waals surface area contributed by atoms with Crippen LogP contribution in [0, 0.1) is 0 Å². The summed E-state index contributed by atoms with van der Waals surface area (Å²) in [6.07, 6.45) is 2.76. The van der Waals surface area contributed by atoms with Gasteiger partial charge in [-0.3, -0.25) is 0 Å². The minimum absolute atomic E-state index is 0.246.